The van der Waals surface area contributed by atoms with Gasteiger partial charge in [-0.15, -0.1) is 0 Å². The zero-order valence-electron chi connectivity index (χ0n) is 21.9. The van der Waals surface area contributed by atoms with E-state index in [0.29, 0.717) is 0 Å². The standard InChI is InChI=1S/C30H30BF3N2O2/c1-27(2)28(3,4)38-31(37-27)25-20-36(35-26(25)30(32,33)34)21-29(22-14-8-5-9-15-22,23-16-10-6-11-17-23)24-18-12-7-13-19-24/h5-20H,21H2,1-4H3. The largest absolute Gasteiger partial charge is 0.498 e. The minimum absolute atomic E-state index is 0.126. The Balaban J connectivity index is 1.69. The van der Waals surface area contributed by atoms with Crippen LogP contribution in [0.3, 0.4) is 0 Å². The Morgan fingerprint density at radius 2 is 1.11 bits per heavy atom. The van der Waals surface area contributed by atoms with Gasteiger partial charge in [-0.05, 0) is 44.4 Å². The van der Waals surface area contributed by atoms with Crippen LogP contribution in [0.2, 0.25) is 0 Å². The van der Waals surface area contributed by atoms with E-state index in [4.69, 9.17) is 9.31 Å². The van der Waals surface area contributed by atoms with Gasteiger partial charge in [0.25, 0.3) is 0 Å². The van der Waals surface area contributed by atoms with Crippen LogP contribution in [0.4, 0.5) is 13.2 Å². The molecule has 4 nitrogen and oxygen atoms in total. The number of aromatic nitrogens is 2. The normalized spacial score (nSPS) is 17.1. The summed E-state index contributed by atoms with van der Waals surface area (Å²) in [5.41, 5.74) is -0.685. The van der Waals surface area contributed by atoms with E-state index in [0.717, 1.165) is 16.7 Å². The Hall–Kier alpha value is -3.36. The van der Waals surface area contributed by atoms with Crippen LogP contribution in [0.5, 0.6) is 0 Å². The molecule has 1 fully saturated rings. The van der Waals surface area contributed by atoms with Crippen molar-refractivity contribution in [1.29, 1.82) is 0 Å². The SMILES string of the molecule is CC1(C)OB(c2cn(CC(c3ccccc3)(c3ccccc3)c3ccccc3)nc2C(F)(F)F)OC1(C)C. The van der Waals surface area contributed by atoms with Crippen molar-refractivity contribution in [3.05, 3.63) is 120 Å². The minimum atomic E-state index is -4.68. The molecular weight excluding hydrogens is 488 g/mol. The molecule has 1 aliphatic rings. The van der Waals surface area contributed by atoms with Crippen molar-refractivity contribution in [2.24, 2.45) is 0 Å². The molecule has 196 valence electrons. The summed E-state index contributed by atoms with van der Waals surface area (Å²) in [5.74, 6) is 0. The fraction of sp³-hybridized carbons (Fsp3) is 0.300. The fourth-order valence-corrected chi connectivity index (χ4v) is 5.07. The Bertz CT molecular complexity index is 1270. The third-order valence-corrected chi connectivity index (χ3v) is 7.76. The third kappa shape index (κ3) is 4.56. The summed E-state index contributed by atoms with van der Waals surface area (Å²) in [6.45, 7) is 7.39. The molecule has 0 spiro atoms. The van der Waals surface area contributed by atoms with Gasteiger partial charge in [0.1, 0.15) is 0 Å². The van der Waals surface area contributed by atoms with Crippen molar-refractivity contribution >= 4 is 12.6 Å². The van der Waals surface area contributed by atoms with Gasteiger partial charge in [-0.2, -0.15) is 18.3 Å². The summed E-state index contributed by atoms with van der Waals surface area (Å²) in [6, 6.07) is 29.4. The maximum absolute atomic E-state index is 14.3. The number of benzene rings is 3. The summed E-state index contributed by atoms with van der Waals surface area (Å²) < 4.78 is 56.3. The third-order valence-electron chi connectivity index (χ3n) is 7.76. The van der Waals surface area contributed by atoms with Gasteiger partial charge in [-0.3, -0.25) is 4.68 Å². The van der Waals surface area contributed by atoms with Crippen LogP contribution in [0, 0.1) is 0 Å². The fourth-order valence-electron chi connectivity index (χ4n) is 5.07. The molecule has 4 aromatic rings. The van der Waals surface area contributed by atoms with Gasteiger partial charge in [0.2, 0.25) is 0 Å². The van der Waals surface area contributed by atoms with Gasteiger partial charge in [0.15, 0.2) is 5.69 Å². The van der Waals surface area contributed by atoms with Crippen molar-refractivity contribution < 1.29 is 22.5 Å². The summed E-state index contributed by atoms with van der Waals surface area (Å²) in [5, 5.41) is 4.11. The van der Waals surface area contributed by atoms with Crippen LogP contribution in [-0.4, -0.2) is 28.1 Å². The molecule has 0 aliphatic carbocycles. The predicted molar refractivity (Wildman–Crippen MR) is 142 cm³/mol. The van der Waals surface area contributed by atoms with Crippen molar-refractivity contribution in [3.63, 3.8) is 0 Å². The number of alkyl halides is 3. The molecule has 1 saturated heterocycles. The first-order valence-electron chi connectivity index (χ1n) is 12.6. The van der Waals surface area contributed by atoms with Gasteiger partial charge in [0.05, 0.1) is 23.2 Å². The number of hydrogen-bond acceptors (Lipinski definition) is 3. The van der Waals surface area contributed by atoms with E-state index in [9.17, 15) is 13.2 Å². The number of halogens is 3. The Kier molecular flexibility index (Phi) is 6.52. The van der Waals surface area contributed by atoms with Gasteiger partial charge >= 0.3 is 13.3 Å². The molecule has 0 amide bonds. The van der Waals surface area contributed by atoms with Crippen LogP contribution < -0.4 is 5.46 Å². The number of rotatable bonds is 6. The van der Waals surface area contributed by atoms with Gasteiger partial charge in [-0.1, -0.05) is 91.0 Å². The second-order valence-corrected chi connectivity index (χ2v) is 10.7. The zero-order valence-corrected chi connectivity index (χ0v) is 21.9. The monoisotopic (exact) mass is 518 g/mol. The molecule has 0 bridgehead atoms. The highest BCUT2D eigenvalue weighted by atomic mass is 19.4. The molecule has 0 atom stereocenters. The predicted octanol–water partition coefficient (Wildman–Crippen LogP) is 6.24. The summed E-state index contributed by atoms with van der Waals surface area (Å²) in [4.78, 5) is 0. The Morgan fingerprint density at radius 3 is 1.47 bits per heavy atom. The molecule has 8 heteroatoms. The zero-order chi connectivity index (χ0) is 27.2. The molecule has 0 N–H and O–H groups in total. The molecule has 3 aromatic carbocycles. The second-order valence-electron chi connectivity index (χ2n) is 10.7. The summed E-state index contributed by atoms with van der Waals surface area (Å²) in [6.07, 6.45) is -3.26. The van der Waals surface area contributed by atoms with Crippen LogP contribution in [0.15, 0.2) is 97.2 Å². The van der Waals surface area contributed by atoms with E-state index in [1.54, 1.807) is 0 Å². The number of nitrogens with zero attached hydrogens (tertiary/aromatic N) is 2. The minimum Gasteiger partial charge on any atom is -0.399 e. The van der Waals surface area contributed by atoms with Gasteiger partial charge in [-0.25, -0.2) is 0 Å². The maximum Gasteiger partial charge on any atom is 0.498 e. The molecule has 2 heterocycles. The first-order valence-corrected chi connectivity index (χ1v) is 12.6. The van der Waals surface area contributed by atoms with Crippen LogP contribution >= 0.6 is 0 Å². The maximum atomic E-state index is 14.3. The molecule has 38 heavy (non-hydrogen) atoms. The van der Waals surface area contributed by atoms with Gasteiger partial charge in [0, 0.05) is 11.7 Å². The second kappa shape index (κ2) is 9.44. The van der Waals surface area contributed by atoms with E-state index < -0.39 is 35.6 Å². The first-order chi connectivity index (χ1) is 17.9. The quantitative estimate of drug-likeness (QED) is 0.224. The molecule has 0 radical (unpaired) electrons. The summed E-state index contributed by atoms with van der Waals surface area (Å²) >= 11 is 0. The Labute approximate surface area is 221 Å². The van der Waals surface area contributed by atoms with E-state index in [-0.39, 0.29) is 12.0 Å². The summed E-state index contributed by atoms with van der Waals surface area (Å²) in [7, 11) is -1.19. The van der Waals surface area contributed by atoms with E-state index >= 15 is 0 Å². The molecule has 5 rings (SSSR count). The molecule has 1 aromatic heterocycles. The van der Waals surface area contributed by atoms with Crippen molar-refractivity contribution in [3.8, 4) is 0 Å². The highest BCUT2D eigenvalue weighted by Crippen LogP contribution is 2.42. The molecular formula is C30H30BF3N2O2. The van der Waals surface area contributed by atoms with Crippen LogP contribution in [0.1, 0.15) is 50.1 Å². The average molecular weight is 518 g/mol. The van der Waals surface area contributed by atoms with E-state index in [1.807, 2.05) is 119 Å². The van der Waals surface area contributed by atoms with Crippen LogP contribution in [0.25, 0.3) is 0 Å². The van der Waals surface area contributed by atoms with E-state index in [2.05, 4.69) is 5.10 Å². The average Bonchev–Trinajstić information content (AvgIpc) is 3.41. The molecule has 0 saturated carbocycles. The molecule has 0 unspecified atom stereocenters. The lowest BCUT2D eigenvalue weighted by Gasteiger charge is -2.36. The van der Waals surface area contributed by atoms with E-state index in [1.165, 1.54) is 10.9 Å². The highest BCUT2D eigenvalue weighted by Gasteiger charge is 2.55. The first kappa shape index (κ1) is 26.3. The van der Waals surface area contributed by atoms with Gasteiger partial charge < -0.3 is 9.31 Å². The molecule has 1 aliphatic heterocycles. The Morgan fingerprint density at radius 1 is 0.711 bits per heavy atom. The lowest BCUT2D eigenvalue weighted by Crippen LogP contribution is -2.41. The lowest BCUT2D eigenvalue weighted by molar-refractivity contribution is -0.140. The van der Waals surface area contributed by atoms with Crippen molar-refractivity contribution in [2.75, 3.05) is 0 Å². The lowest BCUT2D eigenvalue weighted by atomic mass is 9.69. The van der Waals surface area contributed by atoms with Crippen molar-refractivity contribution in [1.82, 2.24) is 9.78 Å². The van der Waals surface area contributed by atoms with Crippen molar-refractivity contribution in [2.45, 2.75) is 57.0 Å². The smallest absolute Gasteiger partial charge is 0.399 e. The number of hydrogen-bond donors (Lipinski definition) is 0. The topological polar surface area (TPSA) is 36.3 Å². The highest BCUT2D eigenvalue weighted by molar-refractivity contribution is 6.62. The van der Waals surface area contributed by atoms with Crippen LogP contribution in [-0.2, 0) is 27.4 Å².